The molecule has 0 radical (unpaired) electrons. The van der Waals surface area contributed by atoms with Crippen molar-refractivity contribution in [2.75, 3.05) is 0 Å². The van der Waals surface area contributed by atoms with E-state index >= 15 is 0 Å². The van der Waals surface area contributed by atoms with Gasteiger partial charge in [-0.25, -0.2) is 0 Å². The Morgan fingerprint density at radius 1 is 1.92 bits per heavy atom. The summed E-state index contributed by atoms with van der Waals surface area (Å²) in [6, 6.07) is 0. The molecule has 0 amide bonds. The maximum Gasteiger partial charge on any atom is 0.315 e. The second kappa shape index (κ2) is 3.77. The summed E-state index contributed by atoms with van der Waals surface area (Å²) in [4.78, 5) is 11.1. The van der Waals surface area contributed by atoms with E-state index in [4.69, 9.17) is 11.2 Å². The van der Waals surface area contributed by atoms with E-state index in [0.717, 1.165) is 4.48 Å². The van der Waals surface area contributed by atoms with Crippen LogP contribution in [0.1, 0.15) is 19.8 Å². The largest absolute Gasteiger partial charge is 0.430 e. The van der Waals surface area contributed by atoms with Gasteiger partial charge in [0, 0.05) is 17.3 Å². The number of hydrogen-bond donors (Lipinski definition) is 0. The van der Waals surface area contributed by atoms with Crippen molar-refractivity contribution in [3.05, 3.63) is 10.2 Å². The second-order valence-corrected chi connectivity index (χ2v) is 3.88. The van der Waals surface area contributed by atoms with Gasteiger partial charge in [-0.15, -0.1) is 12.3 Å². The predicted octanol–water partition coefficient (Wildman–Crippen LogP) is 2.20. The summed E-state index contributed by atoms with van der Waals surface area (Å²) >= 11 is 3.26. The van der Waals surface area contributed by atoms with Crippen molar-refractivity contribution < 1.29 is 9.53 Å². The lowest BCUT2D eigenvalue weighted by Gasteiger charge is -1.94. The molecule has 1 saturated heterocycles. The summed E-state index contributed by atoms with van der Waals surface area (Å²) in [5.41, 5.74) is 0. The molecule has 2 nitrogen and oxygen atoms in total. The molecule has 0 aromatic heterocycles. The van der Waals surface area contributed by atoms with Crippen LogP contribution < -0.4 is 0 Å². The smallest absolute Gasteiger partial charge is 0.315 e. The van der Waals surface area contributed by atoms with Gasteiger partial charge in [-0.1, -0.05) is 15.9 Å². The number of ether oxygens (including phenoxy) is 1. The minimum Gasteiger partial charge on any atom is -0.430 e. The van der Waals surface area contributed by atoms with Gasteiger partial charge in [0.1, 0.15) is 5.76 Å². The van der Waals surface area contributed by atoms with Crippen molar-refractivity contribution in [3.8, 4) is 12.3 Å². The maximum absolute atomic E-state index is 11.1. The molecule has 1 aliphatic heterocycles. The summed E-state index contributed by atoms with van der Waals surface area (Å²) in [7, 11) is 0. The zero-order valence-electron chi connectivity index (χ0n) is 6.76. The first-order valence-corrected chi connectivity index (χ1v) is 4.45. The molecule has 0 saturated carbocycles. The molecule has 64 valence electrons. The van der Waals surface area contributed by atoms with Gasteiger partial charge in [0.25, 0.3) is 0 Å². The molecule has 1 aliphatic rings. The van der Waals surface area contributed by atoms with Gasteiger partial charge < -0.3 is 4.74 Å². The monoisotopic (exact) mass is 228 g/mol. The number of allylic oxidation sites excluding steroid dienone is 2. The Kier molecular flexibility index (Phi) is 2.93. The summed E-state index contributed by atoms with van der Waals surface area (Å²) in [5, 5.41) is 0. The number of cyclic esters (lactones) is 1. The highest BCUT2D eigenvalue weighted by Gasteiger charge is 2.30. The van der Waals surface area contributed by atoms with Gasteiger partial charge in [0.05, 0.1) is 5.92 Å². The SMILES string of the molecule is C#CCC1C/C(=C(/C)Br)OC1=O. The number of terminal acetylenes is 1. The molecule has 3 heteroatoms. The first-order valence-electron chi connectivity index (χ1n) is 3.65. The van der Waals surface area contributed by atoms with Crippen molar-refractivity contribution in [1.82, 2.24) is 0 Å². The fourth-order valence-electron chi connectivity index (χ4n) is 1.06. The molecule has 0 N–H and O–H groups in total. The topological polar surface area (TPSA) is 26.3 Å². The van der Waals surface area contributed by atoms with Gasteiger partial charge in [-0.2, -0.15) is 0 Å². The van der Waals surface area contributed by atoms with Gasteiger partial charge >= 0.3 is 5.97 Å². The minimum absolute atomic E-state index is 0.141. The molecular formula is C9H9BrO2. The normalized spacial score (nSPS) is 26.4. The standard InChI is InChI=1S/C9H9BrO2/c1-3-4-7-5-8(6(2)10)12-9(7)11/h1,7H,4-5H2,2H3/b8-6+. The van der Waals surface area contributed by atoms with E-state index in [9.17, 15) is 4.79 Å². The van der Waals surface area contributed by atoms with Crippen LogP contribution in [0.5, 0.6) is 0 Å². The van der Waals surface area contributed by atoms with Crippen molar-refractivity contribution in [3.63, 3.8) is 0 Å². The molecule has 0 spiro atoms. The molecule has 1 atom stereocenters. The van der Waals surface area contributed by atoms with E-state index in [1.165, 1.54) is 0 Å². The zero-order valence-corrected chi connectivity index (χ0v) is 8.35. The predicted molar refractivity (Wildman–Crippen MR) is 49.3 cm³/mol. The van der Waals surface area contributed by atoms with Crippen LogP contribution in [0.2, 0.25) is 0 Å². The fraction of sp³-hybridized carbons (Fsp3) is 0.444. The van der Waals surface area contributed by atoms with Crippen molar-refractivity contribution in [2.24, 2.45) is 5.92 Å². The second-order valence-electron chi connectivity index (χ2n) is 2.69. The van der Waals surface area contributed by atoms with Gasteiger partial charge in [0.2, 0.25) is 0 Å². The Hall–Kier alpha value is -0.750. The lowest BCUT2D eigenvalue weighted by molar-refractivity contribution is -0.138. The number of carbonyl (C=O) groups excluding carboxylic acids is 1. The molecule has 1 fully saturated rings. The third-order valence-corrected chi connectivity index (χ3v) is 2.18. The Bertz CT molecular complexity index is 269. The average Bonchev–Trinajstić information content (AvgIpc) is 2.34. The fourth-order valence-corrected chi connectivity index (χ4v) is 1.31. The third kappa shape index (κ3) is 1.89. The number of halogens is 1. The van der Waals surface area contributed by atoms with Gasteiger partial charge in [-0.3, -0.25) is 4.79 Å². The quantitative estimate of drug-likeness (QED) is 0.509. The van der Waals surface area contributed by atoms with E-state index in [1.54, 1.807) is 0 Å². The third-order valence-electron chi connectivity index (χ3n) is 1.74. The number of carbonyl (C=O) groups is 1. The van der Waals surface area contributed by atoms with Crippen molar-refractivity contribution >= 4 is 21.9 Å². The highest BCUT2D eigenvalue weighted by atomic mass is 79.9. The van der Waals surface area contributed by atoms with Gasteiger partial charge in [-0.05, 0) is 6.92 Å². The van der Waals surface area contributed by atoms with Crippen molar-refractivity contribution in [2.45, 2.75) is 19.8 Å². The molecule has 12 heavy (non-hydrogen) atoms. The molecular weight excluding hydrogens is 220 g/mol. The van der Waals surface area contributed by atoms with Crippen LogP contribution in [-0.2, 0) is 9.53 Å². The zero-order chi connectivity index (χ0) is 9.14. The van der Waals surface area contributed by atoms with Crippen LogP contribution in [-0.4, -0.2) is 5.97 Å². The van der Waals surface area contributed by atoms with E-state index in [-0.39, 0.29) is 11.9 Å². The van der Waals surface area contributed by atoms with Crippen LogP contribution in [0.3, 0.4) is 0 Å². The average molecular weight is 229 g/mol. The maximum atomic E-state index is 11.1. The van der Waals surface area contributed by atoms with E-state index in [0.29, 0.717) is 18.6 Å². The minimum atomic E-state index is -0.207. The highest BCUT2D eigenvalue weighted by molar-refractivity contribution is 9.11. The van der Waals surface area contributed by atoms with Gasteiger partial charge in [0.15, 0.2) is 0 Å². The molecule has 1 rings (SSSR count). The summed E-state index contributed by atoms with van der Waals surface area (Å²) in [6.45, 7) is 1.85. The summed E-state index contributed by atoms with van der Waals surface area (Å²) < 4.78 is 5.86. The highest BCUT2D eigenvalue weighted by Crippen LogP contribution is 2.30. The van der Waals surface area contributed by atoms with Crippen LogP contribution >= 0.6 is 15.9 Å². The molecule has 1 unspecified atom stereocenters. The molecule has 0 aromatic carbocycles. The molecule has 1 heterocycles. The Morgan fingerprint density at radius 2 is 2.58 bits per heavy atom. The summed E-state index contributed by atoms with van der Waals surface area (Å²) in [5.74, 6) is 2.82. The van der Waals surface area contributed by atoms with Crippen LogP contribution in [0.25, 0.3) is 0 Å². The number of rotatable bonds is 1. The van der Waals surface area contributed by atoms with E-state index in [2.05, 4.69) is 21.9 Å². The van der Waals surface area contributed by atoms with Crippen LogP contribution in [0.15, 0.2) is 10.2 Å². The lowest BCUT2D eigenvalue weighted by atomic mass is 10.0. The Morgan fingerprint density at radius 3 is 3.00 bits per heavy atom. The number of esters is 1. The first kappa shape index (κ1) is 9.34. The van der Waals surface area contributed by atoms with E-state index in [1.807, 2.05) is 6.92 Å². The first-order chi connectivity index (χ1) is 5.65. The van der Waals surface area contributed by atoms with Crippen LogP contribution in [0.4, 0.5) is 0 Å². The van der Waals surface area contributed by atoms with Crippen LogP contribution in [0, 0.1) is 18.3 Å². The molecule has 0 aliphatic carbocycles. The number of hydrogen-bond acceptors (Lipinski definition) is 2. The van der Waals surface area contributed by atoms with Crippen molar-refractivity contribution in [1.29, 1.82) is 0 Å². The molecule has 0 aromatic rings. The molecule has 0 bridgehead atoms. The Balaban J connectivity index is 2.70. The Labute approximate surface area is 80.1 Å². The summed E-state index contributed by atoms with van der Waals surface area (Å²) in [6.07, 6.45) is 6.19. The lowest BCUT2D eigenvalue weighted by Crippen LogP contribution is -2.05. The van der Waals surface area contributed by atoms with E-state index < -0.39 is 0 Å².